The van der Waals surface area contributed by atoms with E-state index >= 15 is 0 Å². The Bertz CT molecular complexity index is 752. The number of hydrogen-bond acceptors (Lipinski definition) is 2. The largest absolute Gasteiger partial charge is 0.340 e. The van der Waals surface area contributed by atoms with Crippen molar-refractivity contribution in [2.24, 2.45) is 5.92 Å². The van der Waals surface area contributed by atoms with E-state index in [1.54, 1.807) is 24.3 Å². The summed E-state index contributed by atoms with van der Waals surface area (Å²) in [6.45, 7) is 3.82. The minimum Gasteiger partial charge on any atom is -0.340 e. The molecule has 2 atom stereocenters. The van der Waals surface area contributed by atoms with E-state index in [4.69, 9.17) is 11.6 Å². The highest BCUT2D eigenvalue weighted by molar-refractivity contribution is 6.31. The summed E-state index contributed by atoms with van der Waals surface area (Å²) in [4.78, 5) is 25.0. The van der Waals surface area contributed by atoms with Gasteiger partial charge in [0.1, 0.15) is 11.9 Å². The molecule has 0 bridgehead atoms. The van der Waals surface area contributed by atoms with Crippen LogP contribution in [0.3, 0.4) is 0 Å². The van der Waals surface area contributed by atoms with Gasteiger partial charge < -0.3 is 10.6 Å². The molecule has 0 aliphatic heterocycles. The Hall–Kier alpha value is -2.40. The third-order valence-corrected chi connectivity index (χ3v) is 4.29. The number of rotatable bonds is 6. The minimum absolute atomic E-state index is 0.0776. The monoisotopic (exact) mass is 362 g/mol. The Morgan fingerprint density at radius 1 is 1.16 bits per heavy atom. The van der Waals surface area contributed by atoms with Crippen molar-refractivity contribution in [3.05, 3.63) is 64.9 Å². The zero-order chi connectivity index (χ0) is 18.4. The van der Waals surface area contributed by atoms with Crippen molar-refractivity contribution in [2.45, 2.75) is 26.3 Å². The van der Waals surface area contributed by atoms with Crippen molar-refractivity contribution < 1.29 is 14.0 Å². The Kier molecular flexibility index (Phi) is 6.53. The second-order valence-electron chi connectivity index (χ2n) is 5.82. The molecule has 132 valence electrons. The van der Waals surface area contributed by atoms with Crippen molar-refractivity contribution in [1.29, 1.82) is 0 Å². The summed E-state index contributed by atoms with van der Waals surface area (Å²) in [6, 6.07) is 11.9. The highest BCUT2D eigenvalue weighted by atomic mass is 35.5. The molecular formula is C19H20ClFN2O2. The Morgan fingerprint density at radius 3 is 2.44 bits per heavy atom. The first-order valence-corrected chi connectivity index (χ1v) is 8.42. The van der Waals surface area contributed by atoms with Crippen LogP contribution in [-0.4, -0.2) is 17.9 Å². The Morgan fingerprint density at radius 2 is 1.84 bits per heavy atom. The number of nitrogens with one attached hydrogen (secondary N) is 2. The van der Waals surface area contributed by atoms with E-state index in [1.165, 1.54) is 18.2 Å². The van der Waals surface area contributed by atoms with Gasteiger partial charge in [-0.25, -0.2) is 4.39 Å². The molecule has 0 heterocycles. The van der Waals surface area contributed by atoms with Crippen LogP contribution < -0.4 is 10.6 Å². The van der Waals surface area contributed by atoms with Gasteiger partial charge in [-0.3, -0.25) is 9.59 Å². The van der Waals surface area contributed by atoms with Crippen LogP contribution in [0.4, 0.5) is 10.1 Å². The molecule has 0 aromatic heterocycles. The van der Waals surface area contributed by atoms with Gasteiger partial charge in [0, 0.05) is 11.3 Å². The molecule has 0 aliphatic carbocycles. The predicted molar refractivity (Wildman–Crippen MR) is 97.2 cm³/mol. The van der Waals surface area contributed by atoms with Gasteiger partial charge in [0.05, 0.1) is 5.02 Å². The average Bonchev–Trinajstić information content (AvgIpc) is 2.62. The normalized spacial score (nSPS) is 13.0. The highest BCUT2D eigenvalue weighted by Gasteiger charge is 2.26. The van der Waals surface area contributed by atoms with Crippen molar-refractivity contribution in [2.75, 3.05) is 5.32 Å². The second kappa shape index (κ2) is 8.62. The van der Waals surface area contributed by atoms with Crippen LogP contribution in [0.25, 0.3) is 0 Å². The van der Waals surface area contributed by atoms with E-state index in [1.807, 2.05) is 19.9 Å². The second-order valence-corrected chi connectivity index (χ2v) is 6.23. The standard InChI is InChI=1S/C19H20ClFN2O2/c1-3-12(2)17(23-18(24)13-7-5-4-6-8-13)19(25)22-14-9-10-16(21)15(20)11-14/h4-12,17H,3H2,1-2H3,(H,22,25)(H,23,24)/t12-,17-/m0/s1. The molecule has 4 nitrogen and oxygen atoms in total. The van der Waals surface area contributed by atoms with Crippen LogP contribution in [0.1, 0.15) is 30.6 Å². The Balaban J connectivity index is 2.14. The van der Waals surface area contributed by atoms with Crippen molar-refractivity contribution >= 4 is 29.1 Å². The van der Waals surface area contributed by atoms with E-state index in [2.05, 4.69) is 10.6 Å². The maximum Gasteiger partial charge on any atom is 0.251 e. The zero-order valence-electron chi connectivity index (χ0n) is 14.1. The molecular weight excluding hydrogens is 343 g/mol. The van der Waals surface area contributed by atoms with E-state index in [0.717, 1.165) is 0 Å². The molecule has 0 saturated heterocycles. The summed E-state index contributed by atoms with van der Waals surface area (Å²) in [7, 11) is 0. The van der Waals surface area contributed by atoms with Gasteiger partial charge >= 0.3 is 0 Å². The molecule has 2 N–H and O–H groups in total. The number of hydrogen-bond donors (Lipinski definition) is 2. The number of anilines is 1. The van der Waals surface area contributed by atoms with Crippen LogP contribution in [0.5, 0.6) is 0 Å². The predicted octanol–water partition coefficient (Wildman–Crippen LogP) is 4.26. The molecule has 2 aromatic rings. The van der Waals surface area contributed by atoms with Crippen molar-refractivity contribution in [3.8, 4) is 0 Å². The number of amides is 2. The van der Waals surface area contributed by atoms with Gasteiger partial charge in [0.25, 0.3) is 5.91 Å². The lowest BCUT2D eigenvalue weighted by molar-refractivity contribution is -0.119. The van der Waals surface area contributed by atoms with E-state index in [0.29, 0.717) is 17.7 Å². The van der Waals surface area contributed by atoms with Gasteiger partial charge in [0.2, 0.25) is 5.91 Å². The summed E-state index contributed by atoms with van der Waals surface area (Å²) in [5.41, 5.74) is 0.854. The highest BCUT2D eigenvalue weighted by Crippen LogP contribution is 2.20. The number of halogens is 2. The van der Waals surface area contributed by atoms with Gasteiger partial charge in [-0.05, 0) is 36.2 Å². The molecule has 0 spiro atoms. The van der Waals surface area contributed by atoms with Gasteiger partial charge in [-0.1, -0.05) is 50.1 Å². The van der Waals surface area contributed by atoms with E-state index in [-0.39, 0.29) is 22.8 Å². The van der Waals surface area contributed by atoms with Crippen LogP contribution in [0.15, 0.2) is 48.5 Å². The van der Waals surface area contributed by atoms with Gasteiger partial charge in [0.15, 0.2) is 0 Å². The maximum absolute atomic E-state index is 13.2. The summed E-state index contributed by atoms with van der Waals surface area (Å²) in [5, 5.41) is 5.37. The SMILES string of the molecule is CC[C@H](C)[C@H](NC(=O)c1ccccc1)C(=O)Nc1ccc(F)c(Cl)c1. The lowest BCUT2D eigenvalue weighted by atomic mass is 9.97. The fourth-order valence-electron chi connectivity index (χ4n) is 2.31. The molecule has 0 radical (unpaired) electrons. The fourth-order valence-corrected chi connectivity index (χ4v) is 2.49. The van der Waals surface area contributed by atoms with Crippen molar-refractivity contribution in [1.82, 2.24) is 5.32 Å². The van der Waals surface area contributed by atoms with Gasteiger partial charge in [-0.2, -0.15) is 0 Å². The first-order valence-electron chi connectivity index (χ1n) is 8.04. The molecule has 6 heteroatoms. The van der Waals surface area contributed by atoms with Crippen LogP contribution in [-0.2, 0) is 4.79 Å². The smallest absolute Gasteiger partial charge is 0.251 e. The molecule has 2 rings (SSSR count). The average molecular weight is 363 g/mol. The number of carbonyl (C=O) groups is 2. The van der Waals surface area contributed by atoms with E-state index < -0.39 is 11.9 Å². The zero-order valence-corrected chi connectivity index (χ0v) is 14.8. The fraction of sp³-hybridized carbons (Fsp3) is 0.263. The lowest BCUT2D eigenvalue weighted by Crippen LogP contribution is -2.47. The molecule has 0 aliphatic rings. The molecule has 0 unspecified atom stereocenters. The summed E-state index contributed by atoms with van der Waals surface area (Å²) >= 11 is 5.74. The summed E-state index contributed by atoms with van der Waals surface area (Å²) in [5.74, 6) is -1.33. The third-order valence-electron chi connectivity index (χ3n) is 4.01. The molecule has 25 heavy (non-hydrogen) atoms. The maximum atomic E-state index is 13.2. The molecule has 0 fully saturated rings. The first-order chi connectivity index (χ1) is 11.9. The minimum atomic E-state index is -0.721. The van der Waals surface area contributed by atoms with E-state index in [9.17, 15) is 14.0 Å². The van der Waals surface area contributed by atoms with Crippen LogP contribution in [0, 0.1) is 11.7 Å². The van der Waals surface area contributed by atoms with Gasteiger partial charge in [-0.15, -0.1) is 0 Å². The van der Waals surface area contributed by atoms with Crippen LogP contribution >= 0.6 is 11.6 Å². The number of benzene rings is 2. The van der Waals surface area contributed by atoms with Crippen LogP contribution in [0.2, 0.25) is 5.02 Å². The quantitative estimate of drug-likeness (QED) is 0.806. The summed E-state index contributed by atoms with van der Waals surface area (Å²) in [6.07, 6.45) is 0.706. The molecule has 2 amide bonds. The van der Waals surface area contributed by atoms with Crippen molar-refractivity contribution in [3.63, 3.8) is 0 Å². The first kappa shape index (κ1) is 18.9. The molecule has 0 saturated carbocycles. The summed E-state index contributed by atoms with van der Waals surface area (Å²) < 4.78 is 13.2. The Labute approximate surface area is 151 Å². The third kappa shape index (κ3) is 5.03. The number of carbonyl (C=O) groups excluding carboxylic acids is 2. The molecule has 2 aromatic carbocycles. The topological polar surface area (TPSA) is 58.2 Å². The lowest BCUT2D eigenvalue weighted by Gasteiger charge is -2.23.